The molecule has 0 aromatic carbocycles. The van der Waals surface area contributed by atoms with Gasteiger partial charge in [0.2, 0.25) is 0 Å². The summed E-state index contributed by atoms with van der Waals surface area (Å²) in [5, 5.41) is 63.7. The molecule has 3 saturated carbocycles. The second-order valence-electron chi connectivity index (χ2n) is 18.3. The van der Waals surface area contributed by atoms with Crippen LogP contribution in [0.1, 0.15) is 105 Å². The first-order valence-electron chi connectivity index (χ1n) is 20.3. The van der Waals surface area contributed by atoms with Crippen molar-refractivity contribution in [1.82, 2.24) is 0 Å². The van der Waals surface area contributed by atoms with Crippen LogP contribution >= 0.6 is 0 Å². The van der Waals surface area contributed by atoms with Gasteiger partial charge in [-0.2, -0.15) is 8.42 Å². The number of rotatable bonds is 13. The highest BCUT2D eigenvalue weighted by atomic mass is 32.3. The fraction of sp³-hybridized carbons (Fsp3) is 0.949. The quantitative estimate of drug-likeness (QED) is 0.105. The Kier molecular flexibility index (Phi) is 13.3. The van der Waals surface area contributed by atoms with E-state index in [1.54, 1.807) is 0 Å². The topological polar surface area (TPSA) is 222 Å². The van der Waals surface area contributed by atoms with Crippen molar-refractivity contribution in [3.05, 3.63) is 11.6 Å². The Morgan fingerprint density at radius 1 is 0.833 bits per heavy atom. The molecule has 4 aliphatic carbocycles. The predicted molar refractivity (Wildman–Crippen MR) is 195 cm³/mol. The zero-order valence-electron chi connectivity index (χ0n) is 32.5. The Morgan fingerprint density at radius 3 is 2.20 bits per heavy atom. The molecule has 14 nitrogen and oxygen atoms in total. The Labute approximate surface area is 320 Å². The van der Waals surface area contributed by atoms with Crippen LogP contribution in [0.2, 0.25) is 0 Å². The maximum absolute atomic E-state index is 11.2. The number of hydrogen-bond acceptors (Lipinski definition) is 13. The van der Waals surface area contributed by atoms with Gasteiger partial charge in [-0.3, -0.25) is 4.55 Å². The van der Waals surface area contributed by atoms with Crippen molar-refractivity contribution < 1.29 is 66.7 Å². The number of hydrogen-bond donors (Lipinski definition) is 7. The van der Waals surface area contributed by atoms with E-state index in [0.717, 1.165) is 42.9 Å². The number of ether oxygens (including phenoxy) is 4. The van der Waals surface area contributed by atoms with Gasteiger partial charge in [0.15, 0.2) is 12.6 Å². The van der Waals surface area contributed by atoms with Crippen LogP contribution < -0.4 is 0 Å². The third kappa shape index (κ3) is 8.50. The van der Waals surface area contributed by atoms with Gasteiger partial charge in [0.05, 0.1) is 19.3 Å². The molecule has 312 valence electrons. The van der Waals surface area contributed by atoms with Gasteiger partial charge < -0.3 is 49.6 Å². The molecule has 7 N–H and O–H groups in total. The van der Waals surface area contributed by atoms with Crippen LogP contribution in [-0.4, -0.2) is 124 Å². The zero-order valence-corrected chi connectivity index (χ0v) is 33.3. The minimum Gasteiger partial charge on any atom is -0.394 e. The third-order valence-electron chi connectivity index (χ3n) is 14.7. The molecule has 0 radical (unpaired) electrons. The van der Waals surface area contributed by atoms with Gasteiger partial charge in [0.1, 0.15) is 48.8 Å². The van der Waals surface area contributed by atoms with E-state index in [-0.39, 0.29) is 11.5 Å². The highest BCUT2D eigenvalue weighted by Crippen LogP contribution is 2.67. The second kappa shape index (κ2) is 16.8. The molecule has 18 atom stereocenters. The first kappa shape index (κ1) is 42.8. The average molecular weight is 791 g/mol. The summed E-state index contributed by atoms with van der Waals surface area (Å²) in [4.78, 5) is 0. The van der Waals surface area contributed by atoms with Gasteiger partial charge >= 0.3 is 10.4 Å². The molecule has 6 rings (SSSR count). The smallest absolute Gasteiger partial charge is 0.394 e. The fourth-order valence-corrected chi connectivity index (χ4v) is 12.1. The first-order valence-corrected chi connectivity index (χ1v) is 21.7. The van der Waals surface area contributed by atoms with Gasteiger partial charge in [-0.25, -0.2) is 4.18 Å². The lowest BCUT2D eigenvalue weighted by Crippen LogP contribution is -2.65. The summed E-state index contributed by atoms with van der Waals surface area (Å²) in [6.45, 7) is 10.6. The molecule has 2 aliphatic heterocycles. The van der Waals surface area contributed by atoms with E-state index in [1.807, 2.05) is 0 Å². The predicted octanol–water partition coefficient (Wildman–Crippen LogP) is 2.86. The van der Waals surface area contributed by atoms with Crippen LogP contribution in [-0.2, 0) is 33.5 Å². The minimum atomic E-state index is -4.92. The molecule has 2 saturated heterocycles. The zero-order chi connectivity index (χ0) is 39.3. The van der Waals surface area contributed by atoms with Crippen LogP contribution in [0.3, 0.4) is 0 Å². The molecular formula is C39H66O14S. The number of aliphatic hydroxyl groups excluding tert-OH is 6. The lowest BCUT2D eigenvalue weighted by molar-refractivity contribution is -0.362. The van der Waals surface area contributed by atoms with Gasteiger partial charge in [0, 0.05) is 0 Å². The fourth-order valence-electron chi connectivity index (χ4n) is 11.8. The number of aliphatic hydroxyl groups is 6. The summed E-state index contributed by atoms with van der Waals surface area (Å²) in [5.74, 6) is 4.38. The van der Waals surface area contributed by atoms with E-state index < -0.39 is 85.0 Å². The highest BCUT2D eigenvalue weighted by molar-refractivity contribution is 7.80. The van der Waals surface area contributed by atoms with Crippen LogP contribution in [0.15, 0.2) is 11.6 Å². The van der Waals surface area contributed by atoms with E-state index >= 15 is 0 Å². The molecule has 0 bridgehead atoms. The molecule has 5 fully saturated rings. The van der Waals surface area contributed by atoms with E-state index in [0.29, 0.717) is 23.7 Å². The van der Waals surface area contributed by atoms with E-state index in [4.69, 9.17) is 23.5 Å². The van der Waals surface area contributed by atoms with E-state index in [1.165, 1.54) is 50.5 Å². The normalized spacial score (nSPS) is 47.4. The molecule has 0 amide bonds. The van der Waals surface area contributed by atoms with Crippen molar-refractivity contribution in [1.29, 1.82) is 0 Å². The van der Waals surface area contributed by atoms with Gasteiger partial charge in [-0.05, 0) is 97.7 Å². The molecule has 6 aliphatic rings. The largest absolute Gasteiger partial charge is 0.397 e. The molecule has 0 aromatic heterocycles. The Morgan fingerprint density at radius 2 is 1.52 bits per heavy atom. The van der Waals surface area contributed by atoms with E-state index in [9.17, 15) is 39.1 Å². The summed E-state index contributed by atoms with van der Waals surface area (Å²) in [5.41, 5.74) is 1.87. The Balaban J connectivity index is 1.07. The molecule has 0 aromatic rings. The monoisotopic (exact) mass is 790 g/mol. The molecule has 2 heterocycles. The molecule has 54 heavy (non-hydrogen) atoms. The summed E-state index contributed by atoms with van der Waals surface area (Å²) in [6, 6.07) is 0. The standard InChI is InChI=1S/C39H66O14S/c1-20(2)7-6-8-21(3)25-11-12-26-24-10-9-22-17-23(13-15-38(22,4)27(24)14-16-39(25,26)5)50-36-34(45)32(43)35(28(18-40)51-36)53-37-33(44)31(42)30(41)29(52-37)19-49-54(46,47)48/h9,20-21,23-37,40-45H,6-8,10-19H2,1-5H3,(H,46,47,48)/t21-,23+,24+,25-,26+,27+,28-,29-,30-,31+,32-,33-,34-,35-,36-,37+,38+,39-/m1/s1. The lowest BCUT2D eigenvalue weighted by atomic mass is 9.47. The molecular weight excluding hydrogens is 724 g/mol. The van der Waals surface area contributed by atoms with Crippen molar-refractivity contribution in [3.8, 4) is 0 Å². The number of allylic oxidation sites excluding steroid dienone is 1. The lowest BCUT2D eigenvalue weighted by Gasteiger charge is -2.58. The first-order chi connectivity index (χ1) is 25.4. The molecule has 0 spiro atoms. The number of fused-ring (bicyclic) bond motifs is 5. The second-order valence-corrected chi connectivity index (χ2v) is 19.4. The van der Waals surface area contributed by atoms with Crippen molar-refractivity contribution in [3.63, 3.8) is 0 Å². The summed E-state index contributed by atoms with van der Waals surface area (Å²) < 4.78 is 58.6. The highest BCUT2D eigenvalue weighted by Gasteiger charge is 2.59. The van der Waals surface area contributed by atoms with Gasteiger partial charge in [-0.1, -0.05) is 65.5 Å². The summed E-state index contributed by atoms with van der Waals surface area (Å²) in [6.07, 6.45) is -1.51. The minimum absolute atomic E-state index is 0.0758. The maximum Gasteiger partial charge on any atom is 0.397 e. The van der Waals surface area contributed by atoms with Crippen molar-refractivity contribution in [2.75, 3.05) is 13.2 Å². The molecule has 15 heteroatoms. The van der Waals surface area contributed by atoms with Crippen LogP contribution in [0, 0.1) is 46.3 Å². The Bertz CT molecular complexity index is 1410. The summed E-state index contributed by atoms with van der Waals surface area (Å²) >= 11 is 0. The van der Waals surface area contributed by atoms with Crippen molar-refractivity contribution in [2.45, 2.75) is 173 Å². The van der Waals surface area contributed by atoms with Crippen LogP contribution in [0.5, 0.6) is 0 Å². The van der Waals surface area contributed by atoms with Gasteiger partial charge in [0.25, 0.3) is 0 Å². The molecule has 0 unspecified atom stereocenters. The van der Waals surface area contributed by atoms with Crippen LogP contribution in [0.4, 0.5) is 0 Å². The average Bonchev–Trinajstić information content (AvgIpc) is 3.47. The van der Waals surface area contributed by atoms with Crippen molar-refractivity contribution >= 4 is 10.4 Å². The van der Waals surface area contributed by atoms with Crippen LogP contribution in [0.25, 0.3) is 0 Å². The van der Waals surface area contributed by atoms with E-state index in [2.05, 4.69) is 44.9 Å². The SMILES string of the molecule is CC(C)CCC[C@@H](C)[C@H]1CC[C@H]2[C@@H]3CC=C4C[C@@H](O[C@@H]5O[C@H](CO)[C@@H](O[C@@H]6O[C@H](COS(=O)(=O)O)[C@@H](O)[C@H](O)[C@H]6O)[C@H](O)[C@H]5O)CC[C@]4(C)[C@H]3CC[C@]12C. The summed E-state index contributed by atoms with van der Waals surface area (Å²) in [7, 11) is -4.92. The van der Waals surface area contributed by atoms with Crippen molar-refractivity contribution in [2.24, 2.45) is 46.3 Å². The maximum atomic E-state index is 11.2. The Hall–Kier alpha value is -0.790. The third-order valence-corrected chi connectivity index (χ3v) is 15.2. The van der Waals surface area contributed by atoms with Gasteiger partial charge in [-0.15, -0.1) is 0 Å².